The molecule has 0 aliphatic carbocycles. The van der Waals surface area contributed by atoms with Gasteiger partial charge in [-0.3, -0.25) is 10.1 Å². The van der Waals surface area contributed by atoms with Gasteiger partial charge in [0.1, 0.15) is 10.8 Å². The van der Waals surface area contributed by atoms with E-state index in [1.807, 2.05) is 19.1 Å². The molecule has 4 aromatic rings. The molecule has 8 heteroatoms. The van der Waals surface area contributed by atoms with Crippen LogP contribution in [0.1, 0.15) is 27.8 Å². The molecule has 194 valence electrons. The molecule has 0 amide bonds. The normalized spacial score (nSPS) is 11.4. The fourth-order valence-corrected chi connectivity index (χ4v) is 5.12. The molecule has 4 rings (SSSR count). The summed E-state index contributed by atoms with van der Waals surface area (Å²) in [7, 11) is 0. The number of thioether (sulfide) groups is 1. The topological polar surface area (TPSA) is 79.0 Å². The molecule has 0 saturated heterocycles. The van der Waals surface area contributed by atoms with Crippen LogP contribution in [0.5, 0.6) is 5.75 Å². The molecule has 0 saturated carbocycles. The zero-order valence-electron chi connectivity index (χ0n) is 21.4. The summed E-state index contributed by atoms with van der Waals surface area (Å²) in [5.41, 5.74) is 5.67. The van der Waals surface area contributed by atoms with Crippen molar-refractivity contribution in [2.45, 2.75) is 38.8 Å². The second-order valence-electron chi connectivity index (χ2n) is 9.17. The molecular formula is C30H28ClN3O3S. The van der Waals surface area contributed by atoms with E-state index in [4.69, 9.17) is 16.6 Å². The molecular weight excluding hydrogens is 518 g/mol. The van der Waals surface area contributed by atoms with Gasteiger partial charge in [0.2, 0.25) is 0 Å². The van der Waals surface area contributed by atoms with Crippen LogP contribution in [0.4, 0.5) is 11.4 Å². The van der Waals surface area contributed by atoms with Crippen LogP contribution in [0, 0.1) is 30.9 Å². The van der Waals surface area contributed by atoms with E-state index in [9.17, 15) is 15.2 Å². The first-order chi connectivity index (χ1) is 18.2. The zero-order chi connectivity index (χ0) is 27.2. The predicted molar refractivity (Wildman–Crippen MR) is 156 cm³/mol. The number of aromatic hydroxyl groups is 1. The van der Waals surface area contributed by atoms with E-state index in [0.717, 1.165) is 27.1 Å². The Morgan fingerprint density at radius 3 is 2.32 bits per heavy atom. The summed E-state index contributed by atoms with van der Waals surface area (Å²) in [5, 5.41) is 22.4. The van der Waals surface area contributed by atoms with Crippen molar-refractivity contribution in [3.05, 3.63) is 128 Å². The lowest BCUT2D eigenvalue weighted by Crippen LogP contribution is -2.28. The zero-order valence-corrected chi connectivity index (χ0v) is 23.0. The van der Waals surface area contributed by atoms with Crippen LogP contribution in [-0.4, -0.2) is 20.1 Å². The summed E-state index contributed by atoms with van der Waals surface area (Å²) < 4.78 is 0. The van der Waals surface area contributed by atoms with Crippen molar-refractivity contribution < 1.29 is 10.0 Å². The van der Waals surface area contributed by atoms with E-state index in [1.165, 1.54) is 29.5 Å². The van der Waals surface area contributed by atoms with Crippen molar-refractivity contribution in [1.29, 1.82) is 0 Å². The maximum absolute atomic E-state index is 11.5. The van der Waals surface area contributed by atoms with E-state index in [-0.39, 0.29) is 16.5 Å². The van der Waals surface area contributed by atoms with Gasteiger partial charge in [0, 0.05) is 24.1 Å². The third-order valence-corrected chi connectivity index (χ3v) is 7.46. The number of hydrogen-bond donors (Lipinski definition) is 1. The highest BCUT2D eigenvalue weighted by atomic mass is 35.5. The van der Waals surface area contributed by atoms with Gasteiger partial charge in [0.05, 0.1) is 10.6 Å². The second kappa shape index (κ2) is 12.2. The van der Waals surface area contributed by atoms with Gasteiger partial charge in [-0.25, -0.2) is 4.99 Å². The standard InChI is InChI=1S/C30H28ClN3O3S/c1-20-7-10-23(11-8-20)18-33(19-24-5-4-6-26(35)16-24)30(38-29-14-9-21(2)15-22(29)3)32-25-12-13-27(31)28(17-25)34(36)37/h4-17,35H,18-19H2,1-3H3. The van der Waals surface area contributed by atoms with Gasteiger partial charge >= 0.3 is 0 Å². The molecule has 0 aliphatic heterocycles. The SMILES string of the molecule is Cc1ccc(CN(Cc2cccc(O)c2)C(=Nc2ccc(Cl)c([N+](=O)[O-])c2)Sc2ccc(C)cc2C)cc1. The van der Waals surface area contributed by atoms with Crippen molar-refractivity contribution >= 4 is 39.9 Å². The van der Waals surface area contributed by atoms with E-state index in [2.05, 4.69) is 61.2 Å². The van der Waals surface area contributed by atoms with Crippen molar-refractivity contribution in [2.24, 2.45) is 4.99 Å². The Morgan fingerprint density at radius 1 is 0.921 bits per heavy atom. The molecule has 0 heterocycles. The average Bonchev–Trinajstić information content (AvgIpc) is 2.87. The molecule has 0 radical (unpaired) electrons. The highest BCUT2D eigenvalue weighted by Crippen LogP contribution is 2.33. The highest BCUT2D eigenvalue weighted by molar-refractivity contribution is 8.13. The van der Waals surface area contributed by atoms with Gasteiger partial charge in [0.25, 0.3) is 5.69 Å². The first-order valence-electron chi connectivity index (χ1n) is 12.0. The molecule has 4 aromatic carbocycles. The quantitative estimate of drug-likeness (QED) is 0.0829. The minimum atomic E-state index is -0.505. The van der Waals surface area contributed by atoms with E-state index < -0.39 is 4.92 Å². The summed E-state index contributed by atoms with van der Waals surface area (Å²) in [5.74, 6) is 0.187. The molecule has 0 bridgehead atoms. The van der Waals surface area contributed by atoms with Crippen LogP contribution >= 0.6 is 23.4 Å². The number of amidine groups is 1. The summed E-state index contributed by atoms with van der Waals surface area (Å²) in [6.45, 7) is 7.16. The Kier molecular flexibility index (Phi) is 8.71. The minimum absolute atomic E-state index is 0.0637. The second-order valence-corrected chi connectivity index (χ2v) is 10.6. The fourth-order valence-electron chi connectivity index (χ4n) is 3.97. The van der Waals surface area contributed by atoms with Gasteiger partial charge in [-0.05, 0) is 67.8 Å². The monoisotopic (exact) mass is 545 g/mol. The van der Waals surface area contributed by atoms with E-state index in [1.54, 1.807) is 18.2 Å². The smallest absolute Gasteiger partial charge is 0.290 e. The maximum atomic E-state index is 11.5. The summed E-state index contributed by atoms with van der Waals surface area (Å²) in [4.78, 5) is 19.1. The van der Waals surface area contributed by atoms with Gasteiger partial charge in [-0.1, -0.05) is 83.0 Å². The Bertz CT molecular complexity index is 1490. The van der Waals surface area contributed by atoms with Crippen LogP contribution in [0.2, 0.25) is 5.02 Å². The number of nitro benzene ring substituents is 1. The largest absolute Gasteiger partial charge is 0.508 e. The Morgan fingerprint density at radius 2 is 1.63 bits per heavy atom. The van der Waals surface area contributed by atoms with E-state index >= 15 is 0 Å². The van der Waals surface area contributed by atoms with Crippen molar-refractivity contribution in [3.8, 4) is 5.75 Å². The number of phenols is 1. The van der Waals surface area contributed by atoms with Crippen molar-refractivity contribution in [3.63, 3.8) is 0 Å². The molecule has 0 aliphatic rings. The van der Waals surface area contributed by atoms with Gasteiger partial charge in [-0.2, -0.15) is 0 Å². The molecule has 1 N–H and O–H groups in total. The number of benzene rings is 4. The Labute approximate surface area is 231 Å². The number of aryl methyl sites for hydroxylation is 3. The third-order valence-electron chi connectivity index (χ3n) is 5.93. The molecule has 0 spiro atoms. The van der Waals surface area contributed by atoms with Crippen molar-refractivity contribution in [1.82, 2.24) is 4.90 Å². The lowest BCUT2D eigenvalue weighted by atomic mass is 10.1. The number of nitro groups is 1. The first-order valence-corrected chi connectivity index (χ1v) is 13.2. The number of phenolic OH excluding ortho intramolecular Hbond substituents is 1. The minimum Gasteiger partial charge on any atom is -0.508 e. The fraction of sp³-hybridized carbons (Fsp3) is 0.167. The molecule has 0 aromatic heterocycles. The Hall–Kier alpha value is -3.81. The molecule has 6 nitrogen and oxygen atoms in total. The lowest BCUT2D eigenvalue weighted by molar-refractivity contribution is -0.384. The first kappa shape index (κ1) is 27.2. The third kappa shape index (κ3) is 7.15. The average molecular weight is 546 g/mol. The van der Waals surface area contributed by atoms with Gasteiger partial charge in [-0.15, -0.1) is 0 Å². The van der Waals surface area contributed by atoms with Crippen LogP contribution in [-0.2, 0) is 13.1 Å². The van der Waals surface area contributed by atoms with Crippen LogP contribution in [0.3, 0.4) is 0 Å². The highest BCUT2D eigenvalue weighted by Gasteiger charge is 2.19. The maximum Gasteiger partial charge on any atom is 0.290 e. The van der Waals surface area contributed by atoms with Crippen molar-refractivity contribution in [2.75, 3.05) is 0 Å². The summed E-state index contributed by atoms with van der Waals surface area (Å²) >= 11 is 7.57. The summed E-state index contributed by atoms with van der Waals surface area (Å²) in [6.07, 6.45) is 0. The van der Waals surface area contributed by atoms with E-state index in [0.29, 0.717) is 23.9 Å². The predicted octanol–water partition coefficient (Wildman–Crippen LogP) is 8.36. The Balaban J connectivity index is 1.83. The van der Waals surface area contributed by atoms with Crippen LogP contribution in [0.25, 0.3) is 0 Å². The van der Waals surface area contributed by atoms with Crippen LogP contribution < -0.4 is 0 Å². The number of hydrogen-bond acceptors (Lipinski definition) is 5. The molecule has 0 unspecified atom stereocenters. The number of aliphatic imine (C=N–C) groups is 1. The molecule has 38 heavy (non-hydrogen) atoms. The number of nitrogens with zero attached hydrogens (tertiary/aromatic N) is 3. The number of halogens is 1. The van der Waals surface area contributed by atoms with Crippen LogP contribution in [0.15, 0.2) is 94.8 Å². The molecule has 0 atom stereocenters. The summed E-state index contributed by atoms with van der Waals surface area (Å²) in [6, 6.07) is 26.2. The van der Waals surface area contributed by atoms with Gasteiger partial charge < -0.3 is 10.0 Å². The number of rotatable bonds is 7. The lowest BCUT2D eigenvalue weighted by Gasteiger charge is -2.27. The van der Waals surface area contributed by atoms with Gasteiger partial charge in [0.15, 0.2) is 5.17 Å². The molecule has 0 fully saturated rings.